The van der Waals surface area contributed by atoms with Gasteiger partial charge in [-0.25, -0.2) is 9.97 Å². The number of aromatic amines is 1. The topological polar surface area (TPSA) is 99.2 Å². The Balaban J connectivity index is 1.32. The van der Waals surface area contributed by atoms with Crippen LogP contribution in [0, 0.1) is 0 Å². The van der Waals surface area contributed by atoms with Crippen LogP contribution in [0.4, 0.5) is 11.5 Å². The number of carbonyl (C=O) groups is 2. The number of hydrogen-bond donors (Lipinski definition) is 2. The summed E-state index contributed by atoms with van der Waals surface area (Å²) in [6.45, 7) is 5.12. The lowest BCUT2D eigenvalue weighted by Crippen LogP contribution is -2.45. The Morgan fingerprint density at radius 2 is 1.66 bits per heavy atom. The molecule has 0 saturated carbocycles. The number of piperidine rings is 1. The van der Waals surface area contributed by atoms with Crippen molar-refractivity contribution in [2.75, 3.05) is 30.4 Å². The van der Waals surface area contributed by atoms with Gasteiger partial charge in [0.1, 0.15) is 5.69 Å². The van der Waals surface area contributed by atoms with Gasteiger partial charge in [0.25, 0.3) is 5.91 Å². The molecule has 3 aromatic carbocycles. The molecule has 7 rings (SSSR count). The van der Waals surface area contributed by atoms with Gasteiger partial charge in [0.2, 0.25) is 5.91 Å². The van der Waals surface area contributed by atoms with E-state index < -0.39 is 0 Å². The average molecular weight is 707 g/mol. The van der Waals surface area contributed by atoms with Crippen LogP contribution in [0.2, 0.25) is 10.0 Å². The molecule has 1 unspecified atom stereocenters. The van der Waals surface area contributed by atoms with Crippen LogP contribution >= 0.6 is 23.2 Å². The Kier molecular flexibility index (Phi) is 9.35. The second-order valence-corrected chi connectivity index (χ2v) is 13.6. The lowest BCUT2D eigenvalue weighted by molar-refractivity contribution is -0.129. The number of pyridine rings is 1. The van der Waals surface area contributed by atoms with Gasteiger partial charge < -0.3 is 24.7 Å². The molecule has 0 bridgehead atoms. The molecular weight excluding hydrogens is 669 g/mol. The van der Waals surface area contributed by atoms with Crippen molar-refractivity contribution in [2.24, 2.45) is 0 Å². The van der Waals surface area contributed by atoms with E-state index in [9.17, 15) is 9.59 Å². The molecule has 6 aromatic rings. The summed E-state index contributed by atoms with van der Waals surface area (Å²) in [5.74, 6) is 0.430. The van der Waals surface area contributed by atoms with Crippen LogP contribution in [0.5, 0.6) is 0 Å². The second-order valence-electron chi connectivity index (χ2n) is 12.7. The summed E-state index contributed by atoms with van der Waals surface area (Å²) in [6, 6.07) is 27.1. The van der Waals surface area contributed by atoms with Gasteiger partial charge in [0.05, 0.1) is 29.4 Å². The maximum absolute atomic E-state index is 14.6. The molecule has 3 aromatic heterocycles. The summed E-state index contributed by atoms with van der Waals surface area (Å²) >= 11 is 12.7. The number of H-pyrrole nitrogens is 1. The molecule has 1 aliphatic heterocycles. The predicted octanol–water partition coefficient (Wildman–Crippen LogP) is 8.71. The summed E-state index contributed by atoms with van der Waals surface area (Å²) in [4.78, 5) is 43.6. The largest absolute Gasteiger partial charge is 0.355 e. The minimum absolute atomic E-state index is 0.0592. The fraction of sp³-hybridized carbons (Fsp3) is 0.231. The third kappa shape index (κ3) is 6.46. The first-order valence-corrected chi connectivity index (χ1v) is 17.4. The number of hydrogen-bond acceptors (Lipinski definition) is 5. The van der Waals surface area contributed by atoms with Crippen molar-refractivity contribution in [3.63, 3.8) is 0 Å². The smallest absolute Gasteiger partial charge is 0.272 e. The van der Waals surface area contributed by atoms with Crippen LogP contribution in [-0.4, -0.2) is 62.4 Å². The first-order chi connectivity index (χ1) is 24.2. The van der Waals surface area contributed by atoms with Gasteiger partial charge in [-0.05, 0) is 61.7 Å². The van der Waals surface area contributed by atoms with Crippen molar-refractivity contribution in [3.8, 4) is 22.5 Å². The number of imidazole rings is 1. The third-order valence-corrected chi connectivity index (χ3v) is 10.2. The van der Waals surface area contributed by atoms with Gasteiger partial charge in [0.15, 0.2) is 5.82 Å². The van der Waals surface area contributed by atoms with Crippen LogP contribution < -0.4 is 10.2 Å². The number of halogens is 2. The van der Waals surface area contributed by atoms with E-state index in [1.54, 1.807) is 13.1 Å². The first kappa shape index (κ1) is 33.4. The maximum Gasteiger partial charge on any atom is 0.272 e. The minimum atomic E-state index is -0.321. The number of carbonyl (C=O) groups excluding carboxylic acids is 2. The quantitative estimate of drug-likeness (QED) is 0.165. The molecule has 0 radical (unpaired) electrons. The highest BCUT2D eigenvalue weighted by molar-refractivity contribution is 6.31. The van der Waals surface area contributed by atoms with E-state index in [4.69, 9.17) is 33.2 Å². The van der Waals surface area contributed by atoms with Gasteiger partial charge in [-0.3, -0.25) is 9.59 Å². The van der Waals surface area contributed by atoms with Crippen molar-refractivity contribution < 1.29 is 9.59 Å². The molecular formula is C39H37Cl2N7O2. The number of aromatic nitrogens is 4. The predicted molar refractivity (Wildman–Crippen MR) is 201 cm³/mol. The van der Waals surface area contributed by atoms with Gasteiger partial charge in [0, 0.05) is 71.4 Å². The molecule has 1 aliphatic rings. The van der Waals surface area contributed by atoms with Crippen molar-refractivity contribution in [3.05, 3.63) is 119 Å². The Morgan fingerprint density at radius 3 is 2.38 bits per heavy atom. The van der Waals surface area contributed by atoms with Crippen molar-refractivity contribution in [1.82, 2.24) is 24.4 Å². The second kappa shape index (κ2) is 14.0. The maximum atomic E-state index is 14.6. The molecule has 1 fully saturated rings. The van der Waals surface area contributed by atoms with Gasteiger partial charge in [-0.15, -0.1) is 0 Å². The van der Waals surface area contributed by atoms with Crippen LogP contribution in [0.1, 0.15) is 48.8 Å². The molecule has 0 aliphatic carbocycles. The van der Waals surface area contributed by atoms with Gasteiger partial charge in [-0.2, -0.15) is 0 Å². The lowest BCUT2D eigenvalue weighted by atomic mass is 9.99. The number of nitrogens with zero attached hydrogens (tertiary/aromatic N) is 5. The normalized spacial score (nSPS) is 14.1. The Labute approximate surface area is 300 Å². The van der Waals surface area contributed by atoms with E-state index in [2.05, 4.69) is 26.7 Å². The first-order valence-electron chi connectivity index (χ1n) is 16.6. The lowest BCUT2D eigenvalue weighted by Gasteiger charge is -2.37. The van der Waals surface area contributed by atoms with E-state index in [0.717, 1.165) is 46.3 Å². The number of anilines is 2. The molecule has 254 valence electrons. The molecule has 11 heteroatoms. The third-order valence-electron chi connectivity index (χ3n) is 9.68. The molecule has 2 N–H and O–H groups in total. The summed E-state index contributed by atoms with van der Waals surface area (Å²) in [5, 5.41) is 5.23. The highest BCUT2D eigenvalue weighted by atomic mass is 35.5. The number of amides is 2. The van der Waals surface area contributed by atoms with Gasteiger partial charge >= 0.3 is 0 Å². The summed E-state index contributed by atoms with van der Waals surface area (Å²) in [7, 11) is 1.85. The summed E-state index contributed by atoms with van der Waals surface area (Å²) < 4.78 is 2.11. The minimum Gasteiger partial charge on any atom is -0.355 e. The number of fused-ring (bicyclic) bond motifs is 1. The van der Waals surface area contributed by atoms with E-state index in [1.165, 1.54) is 0 Å². The van der Waals surface area contributed by atoms with Crippen LogP contribution in [0.25, 0.3) is 33.4 Å². The highest BCUT2D eigenvalue weighted by Crippen LogP contribution is 2.42. The Bertz CT molecular complexity index is 2170. The summed E-state index contributed by atoms with van der Waals surface area (Å²) in [5.41, 5.74) is 5.92. The molecule has 1 atom stereocenters. The summed E-state index contributed by atoms with van der Waals surface area (Å²) in [6.07, 6.45) is 5.19. The average Bonchev–Trinajstić information content (AvgIpc) is 3.73. The van der Waals surface area contributed by atoms with Crippen molar-refractivity contribution >= 4 is 57.4 Å². The Hall–Kier alpha value is -5.12. The van der Waals surface area contributed by atoms with E-state index >= 15 is 0 Å². The zero-order valence-electron chi connectivity index (χ0n) is 28.0. The van der Waals surface area contributed by atoms with Crippen LogP contribution in [-0.2, 0) is 4.79 Å². The zero-order valence-corrected chi connectivity index (χ0v) is 29.5. The molecule has 1 saturated heterocycles. The number of benzene rings is 3. The van der Waals surface area contributed by atoms with E-state index in [0.29, 0.717) is 45.9 Å². The Morgan fingerprint density at radius 1 is 0.940 bits per heavy atom. The van der Waals surface area contributed by atoms with Gasteiger partial charge in [-0.1, -0.05) is 71.7 Å². The molecule has 4 heterocycles. The fourth-order valence-corrected chi connectivity index (χ4v) is 7.15. The van der Waals surface area contributed by atoms with Crippen LogP contribution in [0.3, 0.4) is 0 Å². The highest BCUT2D eigenvalue weighted by Gasteiger charge is 2.30. The number of rotatable bonds is 8. The van der Waals surface area contributed by atoms with Crippen molar-refractivity contribution in [1.29, 1.82) is 0 Å². The standard InChI is InChI=1S/C39H37Cl2N7O2/c1-24(26-11-13-28(40)14-12-26)48-23-43-35(27-8-5-4-6-9-27)37(48)34-31-16-15-29(41)22-33(31)44-36(34)39(50)45-32-10-7-19-42-38(32)47-20-17-30(18-21-47)46(3)25(2)49/h4-16,19,22-24,30,44H,17-18,20-21H2,1-3H3,(H,45,50). The van der Waals surface area contributed by atoms with Crippen LogP contribution in [0.15, 0.2) is 97.5 Å². The number of nitrogens with one attached hydrogen (secondary N) is 2. The van der Waals surface area contributed by atoms with E-state index in [1.807, 2.05) is 103 Å². The monoisotopic (exact) mass is 705 g/mol. The molecule has 50 heavy (non-hydrogen) atoms. The fourth-order valence-electron chi connectivity index (χ4n) is 6.85. The van der Waals surface area contributed by atoms with Crippen molar-refractivity contribution in [2.45, 2.75) is 38.8 Å². The van der Waals surface area contributed by atoms with E-state index in [-0.39, 0.29) is 23.9 Å². The zero-order chi connectivity index (χ0) is 34.9. The SMILES string of the molecule is CC(=O)N(C)C1CCN(c2ncccc2NC(=O)c2[nH]c3cc(Cl)ccc3c2-c2c(-c3ccccc3)ncn2C(C)c2ccc(Cl)cc2)CC1. The molecule has 9 nitrogen and oxygen atoms in total. The molecule has 0 spiro atoms. The molecule has 2 amide bonds.